The van der Waals surface area contributed by atoms with Gasteiger partial charge in [0.05, 0.1) is 19.1 Å². The molecule has 0 aliphatic carbocycles. The van der Waals surface area contributed by atoms with Crippen molar-refractivity contribution in [3.8, 4) is 11.5 Å². The third kappa shape index (κ3) is 6.12. The molecular formula is C20H26N2O5S2. The summed E-state index contributed by atoms with van der Waals surface area (Å²) in [4.78, 5) is 13.0. The summed E-state index contributed by atoms with van der Waals surface area (Å²) in [5.74, 6) is 1.21. The summed E-state index contributed by atoms with van der Waals surface area (Å²) in [7, 11) is -0.784. The van der Waals surface area contributed by atoms with Gasteiger partial charge >= 0.3 is 0 Å². The normalized spacial score (nSPS) is 12.3. The van der Waals surface area contributed by atoms with Crippen molar-refractivity contribution in [2.45, 2.75) is 24.3 Å². The second-order valence-corrected chi connectivity index (χ2v) is 8.98. The Bertz CT molecular complexity index is 933. The van der Waals surface area contributed by atoms with Crippen molar-refractivity contribution in [1.29, 1.82) is 0 Å². The molecule has 0 saturated carbocycles. The van der Waals surface area contributed by atoms with E-state index in [2.05, 4.69) is 10.0 Å². The van der Waals surface area contributed by atoms with Gasteiger partial charge in [0.25, 0.3) is 0 Å². The quantitative estimate of drug-likeness (QED) is 0.592. The van der Waals surface area contributed by atoms with Crippen LogP contribution in [0.3, 0.4) is 0 Å². The van der Waals surface area contributed by atoms with Gasteiger partial charge in [-0.15, -0.1) is 0 Å². The van der Waals surface area contributed by atoms with Crippen molar-refractivity contribution in [2.24, 2.45) is 0 Å². The fourth-order valence-corrected chi connectivity index (χ4v) is 4.39. The van der Waals surface area contributed by atoms with E-state index in [1.54, 1.807) is 30.3 Å². The second-order valence-electron chi connectivity index (χ2n) is 6.28. The molecule has 2 rings (SSSR count). The van der Waals surface area contributed by atoms with E-state index in [4.69, 9.17) is 9.47 Å². The van der Waals surface area contributed by atoms with Crippen molar-refractivity contribution in [3.05, 3.63) is 48.0 Å². The zero-order valence-electron chi connectivity index (χ0n) is 16.9. The maximum Gasteiger partial charge on any atom is 0.242 e. The molecule has 2 aromatic carbocycles. The van der Waals surface area contributed by atoms with Gasteiger partial charge in [0, 0.05) is 11.8 Å². The number of methoxy groups -OCH3 is 2. The van der Waals surface area contributed by atoms with Crippen LogP contribution in [0.5, 0.6) is 11.5 Å². The van der Waals surface area contributed by atoms with Gasteiger partial charge in [-0.25, -0.2) is 8.42 Å². The summed E-state index contributed by atoms with van der Waals surface area (Å²) in [5.41, 5.74) is 1.30. The highest BCUT2D eigenvalue weighted by molar-refractivity contribution is 7.98. The zero-order valence-corrected chi connectivity index (χ0v) is 18.5. The Kier molecular flexibility index (Phi) is 8.36. The van der Waals surface area contributed by atoms with E-state index in [1.165, 1.54) is 38.1 Å². The van der Waals surface area contributed by atoms with Gasteiger partial charge in [-0.05, 0) is 49.1 Å². The zero-order chi connectivity index (χ0) is 21.4. The number of carbonyl (C=O) groups excluding carboxylic acids is 1. The van der Waals surface area contributed by atoms with E-state index in [-0.39, 0.29) is 4.90 Å². The van der Waals surface area contributed by atoms with Crippen molar-refractivity contribution < 1.29 is 22.7 Å². The fourth-order valence-electron chi connectivity index (χ4n) is 2.67. The van der Waals surface area contributed by atoms with Gasteiger partial charge in [-0.3, -0.25) is 4.79 Å². The average Bonchev–Trinajstić information content (AvgIpc) is 2.72. The van der Waals surface area contributed by atoms with E-state index in [0.29, 0.717) is 29.4 Å². The monoisotopic (exact) mass is 438 g/mol. The lowest BCUT2D eigenvalue weighted by Gasteiger charge is -2.20. The predicted molar refractivity (Wildman–Crippen MR) is 116 cm³/mol. The van der Waals surface area contributed by atoms with Crippen LogP contribution in [-0.4, -0.2) is 46.6 Å². The number of benzene rings is 2. The first-order chi connectivity index (χ1) is 13.8. The van der Waals surface area contributed by atoms with E-state index in [9.17, 15) is 13.2 Å². The summed E-state index contributed by atoms with van der Waals surface area (Å²) >= 11 is 1.54. The van der Waals surface area contributed by atoms with Gasteiger partial charge < -0.3 is 14.8 Å². The van der Waals surface area contributed by atoms with Crippen LogP contribution < -0.4 is 19.5 Å². The molecule has 0 fully saturated rings. The summed E-state index contributed by atoms with van der Waals surface area (Å²) in [6, 6.07) is 10.5. The molecule has 1 amide bonds. The predicted octanol–water partition coefficient (Wildman–Crippen LogP) is 3.05. The number of rotatable bonds is 10. The SMILES string of the molecule is COc1cc(C)c(NC(=O)C(CCSC)NS(=O)(=O)c2ccccc2)cc1OC. The molecule has 2 N–H and O–H groups in total. The second kappa shape index (κ2) is 10.5. The van der Waals surface area contributed by atoms with Crippen LogP contribution >= 0.6 is 11.8 Å². The number of carbonyl (C=O) groups is 1. The molecule has 29 heavy (non-hydrogen) atoms. The molecule has 1 unspecified atom stereocenters. The molecule has 0 aliphatic heterocycles. The highest BCUT2D eigenvalue weighted by Crippen LogP contribution is 2.33. The van der Waals surface area contributed by atoms with Gasteiger partial charge in [0.1, 0.15) is 6.04 Å². The molecule has 0 aromatic heterocycles. The lowest BCUT2D eigenvalue weighted by molar-refractivity contribution is -0.117. The molecule has 1 atom stereocenters. The summed E-state index contributed by atoms with van der Waals surface area (Å²) in [6.45, 7) is 1.82. The van der Waals surface area contributed by atoms with Gasteiger partial charge in [-0.1, -0.05) is 18.2 Å². The first-order valence-electron chi connectivity index (χ1n) is 8.92. The summed E-state index contributed by atoms with van der Waals surface area (Å²) < 4.78 is 38.4. The number of amides is 1. The molecule has 0 spiro atoms. The Morgan fingerprint density at radius 2 is 1.72 bits per heavy atom. The van der Waals surface area contributed by atoms with Crippen molar-refractivity contribution in [2.75, 3.05) is 31.5 Å². The van der Waals surface area contributed by atoms with Crippen LogP contribution in [0.15, 0.2) is 47.4 Å². The largest absolute Gasteiger partial charge is 0.493 e. The van der Waals surface area contributed by atoms with Gasteiger partial charge in [0.15, 0.2) is 11.5 Å². The van der Waals surface area contributed by atoms with E-state index in [1.807, 2.05) is 13.2 Å². The van der Waals surface area contributed by atoms with Crippen LogP contribution in [0.1, 0.15) is 12.0 Å². The van der Waals surface area contributed by atoms with Crippen molar-refractivity contribution in [3.63, 3.8) is 0 Å². The lowest BCUT2D eigenvalue weighted by atomic mass is 10.1. The average molecular weight is 439 g/mol. The molecule has 0 bridgehead atoms. The molecule has 7 nitrogen and oxygen atoms in total. The minimum Gasteiger partial charge on any atom is -0.493 e. The standard InChI is InChI=1S/C20H26N2O5S2/c1-14-12-18(26-2)19(27-3)13-17(14)21-20(23)16(10-11-28-4)22-29(24,25)15-8-6-5-7-9-15/h5-9,12-13,16,22H,10-11H2,1-4H3,(H,21,23). The number of sulfonamides is 1. The Balaban J connectivity index is 2.25. The van der Waals surface area contributed by atoms with E-state index < -0.39 is 22.0 Å². The molecule has 0 radical (unpaired) electrons. The van der Waals surface area contributed by atoms with Crippen LogP contribution in [0.25, 0.3) is 0 Å². The van der Waals surface area contributed by atoms with Crippen LogP contribution in [0, 0.1) is 6.92 Å². The number of nitrogens with one attached hydrogen (secondary N) is 2. The Hall–Kier alpha value is -2.23. The van der Waals surface area contributed by atoms with Gasteiger partial charge in [0.2, 0.25) is 15.9 Å². The molecule has 9 heteroatoms. The topological polar surface area (TPSA) is 93.7 Å². The Morgan fingerprint density at radius 3 is 2.31 bits per heavy atom. The molecule has 0 aliphatic rings. The molecular weight excluding hydrogens is 412 g/mol. The number of anilines is 1. The maximum absolute atomic E-state index is 12.9. The smallest absolute Gasteiger partial charge is 0.242 e. The summed E-state index contributed by atoms with van der Waals surface area (Å²) in [5, 5.41) is 2.81. The third-order valence-electron chi connectivity index (χ3n) is 4.27. The van der Waals surface area contributed by atoms with Crippen molar-refractivity contribution >= 4 is 33.4 Å². The molecule has 0 heterocycles. The minimum absolute atomic E-state index is 0.115. The van der Waals surface area contributed by atoms with Crippen LogP contribution in [0.4, 0.5) is 5.69 Å². The highest BCUT2D eigenvalue weighted by Gasteiger charge is 2.26. The lowest BCUT2D eigenvalue weighted by Crippen LogP contribution is -2.44. The third-order valence-corrected chi connectivity index (χ3v) is 6.40. The minimum atomic E-state index is -3.83. The van der Waals surface area contributed by atoms with E-state index >= 15 is 0 Å². The van der Waals surface area contributed by atoms with Gasteiger partial charge in [-0.2, -0.15) is 16.5 Å². The first kappa shape index (κ1) is 23.1. The summed E-state index contributed by atoms with van der Waals surface area (Å²) in [6.07, 6.45) is 2.25. The number of ether oxygens (including phenoxy) is 2. The number of aryl methyl sites for hydroxylation is 1. The molecule has 2 aromatic rings. The fraction of sp³-hybridized carbons (Fsp3) is 0.350. The Morgan fingerprint density at radius 1 is 1.10 bits per heavy atom. The number of hydrogen-bond donors (Lipinski definition) is 2. The van der Waals surface area contributed by atoms with E-state index in [0.717, 1.165) is 5.56 Å². The first-order valence-corrected chi connectivity index (χ1v) is 11.8. The Labute approximate surface area is 176 Å². The number of hydrogen-bond acceptors (Lipinski definition) is 6. The van der Waals surface area contributed by atoms with Crippen LogP contribution in [-0.2, 0) is 14.8 Å². The molecule has 0 saturated heterocycles. The molecule has 158 valence electrons. The maximum atomic E-state index is 12.9. The highest BCUT2D eigenvalue weighted by atomic mass is 32.2. The van der Waals surface area contributed by atoms with Crippen LogP contribution in [0.2, 0.25) is 0 Å². The number of thioether (sulfide) groups is 1. The van der Waals surface area contributed by atoms with Crippen molar-refractivity contribution in [1.82, 2.24) is 4.72 Å².